The minimum atomic E-state index is 0.516. The third-order valence-electron chi connectivity index (χ3n) is 3.50. The van der Waals surface area contributed by atoms with E-state index in [2.05, 4.69) is 40.1 Å². The van der Waals surface area contributed by atoms with E-state index in [1.807, 2.05) is 6.07 Å². The van der Waals surface area contributed by atoms with Crippen LogP contribution in [0.5, 0.6) is 0 Å². The van der Waals surface area contributed by atoms with Crippen LogP contribution in [-0.4, -0.2) is 56.1 Å². The lowest BCUT2D eigenvalue weighted by atomic mass is 10.3. The number of piperazine rings is 1. The van der Waals surface area contributed by atoms with Crippen molar-refractivity contribution in [1.29, 1.82) is 0 Å². The van der Waals surface area contributed by atoms with Crippen LogP contribution in [0, 0.1) is 0 Å². The quantitative estimate of drug-likeness (QED) is 0.721. The van der Waals surface area contributed by atoms with Gasteiger partial charge >= 0.3 is 0 Å². The second kappa shape index (κ2) is 5.57. The number of fused-ring (bicyclic) bond motifs is 1. The topological polar surface area (TPSA) is 92.6 Å². The fourth-order valence-electron chi connectivity index (χ4n) is 2.39. The molecule has 8 nitrogen and oxygen atoms in total. The van der Waals surface area contributed by atoms with Crippen LogP contribution in [0.3, 0.4) is 0 Å². The van der Waals surface area contributed by atoms with Crippen molar-refractivity contribution in [2.75, 3.05) is 31.1 Å². The molecule has 0 radical (unpaired) electrons. The standard InChI is InChI=1S/C14H14N8/c1-2-18-14(22-7-5-15-6-8-22)21-10(1)11-9-19-12-13(20-11)17-4-3-16-12/h1-4,9,15H,5-8H2. The molecule has 4 rings (SSSR count). The fourth-order valence-corrected chi connectivity index (χ4v) is 2.39. The summed E-state index contributed by atoms with van der Waals surface area (Å²) < 4.78 is 0. The van der Waals surface area contributed by atoms with E-state index in [9.17, 15) is 0 Å². The third-order valence-corrected chi connectivity index (χ3v) is 3.50. The molecule has 0 saturated carbocycles. The normalized spacial score (nSPS) is 15.2. The van der Waals surface area contributed by atoms with Gasteiger partial charge < -0.3 is 10.2 Å². The highest BCUT2D eigenvalue weighted by Crippen LogP contribution is 2.17. The molecular weight excluding hydrogens is 280 g/mol. The Morgan fingerprint density at radius 3 is 2.50 bits per heavy atom. The SMILES string of the molecule is c1cc(-c2cnc3nccnc3n2)nc(N2CCNCC2)n1. The summed E-state index contributed by atoms with van der Waals surface area (Å²) in [5, 5.41) is 3.32. The number of hydrogen-bond donors (Lipinski definition) is 1. The fraction of sp³-hybridized carbons (Fsp3) is 0.286. The smallest absolute Gasteiger partial charge is 0.225 e. The molecule has 22 heavy (non-hydrogen) atoms. The Morgan fingerprint density at radius 2 is 1.64 bits per heavy atom. The van der Waals surface area contributed by atoms with Crippen molar-refractivity contribution in [1.82, 2.24) is 35.2 Å². The predicted molar refractivity (Wildman–Crippen MR) is 81.2 cm³/mol. The molecule has 1 aliphatic rings. The molecule has 0 aliphatic carbocycles. The molecule has 0 bridgehead atoms. The van der Waals surface area contributed by atoms with E-state index >= 15 is 0 Å². The molecule has 3 aromatic heterocycles. The minimum absolute atomic E-state index is 0.516. The van der Waals surface area contributed by atoms with Gasteiger partial charge in [-0.1, -0.05) is 0 Å². The molecule has 0 aromatic carbocycles. The van der Waals surface area contributed by atoms with Crippen LogP contribution in [0.2, 0.25) is 0 Å². The Balaban J connectivity index is 1.71. The lowest BCUT2D eigenvalue weighted by Gasteiger charge is -2.27. The van der Waals surface area contributed by atoms with E-state index < -0.39 is 0 Å². The van der Waals surface area contributed by atoms with Crippen molar-refractivity contribution < 1.29 is 0 Å². The van der Waals surface area contributed by atoms with Gasteiger partial charge in [0, 0.05) is 44.8 Å². The van der Waals surface area contributed by atoms with E-state index in [1.165, 1.54) is 0 Å². The first-order valence-electron chi connectivity index (χ1n) is 7.13. The van der Waals surface area contributed by atoms with E-state index in [4.69, 9.17) is 0 Å². The highest BCUT2D eigenvalue weighted by atomic mass is 15.3. The van der Waals surface area contributed by atoms with Crippen LogP contribution >= 0.6 is 0 Å². The van der Waals surface area contributed by atoms with Crippen molar-refractivity contribution in [2.45, 2.75) is 0 Å². The molecule has 0 amide bonds. The monoisotopic (exact) mass is 294 g/mol. The van der Waals surface area contributed by atoms with Crippen LogP contribution in [0.15, 0.2) is 30.9 Å². The zero-order valence-corrected chi connectivity index (χ0v) is 11.8. The van der Waals surface area contributed by atoms with Crippen LogP contribution in [-0.2, 0) is 0 Å². The summed E-state index contributed by atoms with van der Waals surface area (Å²) in [5.74, 6) is 0.722. The Morgan fingerprint density at radius 1 is 0.818 bits per heavy atom. The molecule has 1 saturated heterocycles. The molecule has 3 aromatic rings. The minimum Gasteiger partial charge on any atom is -0.338 e. The first kappa shape index (κ1) is 13.0. The van der Waals surface area contributed by atoms with E-state index in [0.717, 1.165) is 37.8 Å². The first-order valence-corrected chi connectivity index (χ1v) is 7.13. The number of aromatic nitrogens is 6. The summed E-state index contributed by atoms with van der Waals surface area (Å²) in [5.41, 5.74) is 2.46. The largest absolute Gasteiger partial charge is 0.338 e. The maximum Gasteiger partial charge on any atom is 0.225 e. The summed E-state index contributed by atoms with van der Waals surface area (Å²) in [6, 6.07) is 1.83. The first-order chi connectivity index (χ1) is 10.9. The molecule has 0 atom stereocenters. The Hall–Kier alpha value is -2.74. The lowest BCUT2D eigenvalue weighted by Crippen LogP contribution is -2.44. The second-order valence-electron chi connectivity index (χ2n) is 4.94. The average molecular weight is 294 g/mol. The Kier molecular flexibility index (Phi) is 3.28. The Labute approximate surface area is 126 Å². The predicted octanol–water partition coefficient (Wildman–Crippen LogP) is 0.286. The van der Waals surface area contributed by atoms with Gasteiger partial charge in [-0.3, -0.25) is 0 Å². The number of rotatable bonds is 2. The third kappa shape index (κ3) is 2.44. The summed E-state index contributed by atoms with van der Waals surface area (Å²) >= 11 is 0. The maximum absolute atomic E-state index is 4.61. The molecule has 0 spiro atoms. The van der Waals surface area contributed by atoms with E-state index in [-0.39, 0.29) is 0 Å². The number of nitrogens with zero attached hydrogens (tertiary/aromatic N) is 7. The van der Waals surface area contributed by atoms with Crippen LogP contribution in [0.1, 0.15) is 0 Å². The van der Waals surface area contributed by atoms with Crippen molar-refractivity contribution in [2.24, 2.45) is 0 Å². The number of hydrogen-bond acceptors (Lipinski definition) is 8. The van der Waals surface area contributed by atoms with Gasteiger partial charge in [-0.15, -0.1) is 0 Å². The van der Waals surface area contributed by atoms with Crippen molar-refractivity contribution in [3.8, 4) is 11.4 Å². The zero-order valence-electron chi connectivity index (χ0n) is 11.8. The molecular formula is C14H14N8. The van der Waals surface area contributed by atoms with Crippen LogP contribution in [0.4, 0.5) is 5.95 Å². The van der Waals surface area contributed by atoms with Crippen LogP contribution in [0.25, 0.3) is 22.7 Å². The van der Waals surface area contributed by atoms with Crippen molar-refractivity contribution >= 4 is 17.2 Å². The van der Waals surface area contributed by atoms with E-state index in [0.29, 0.717) is 17.0 Å². The van der Waals surface area contributed by atoms with E-state index in [1.54, 1.807) is 24.8 Å². The van der Waals surface area contributed by atoms with Crippen LogP contribution < -0.4 is 10.2 Å². The summed E-state index contributed by atoms with van der Waals surface area (Å²) in [7, 11) is 0. The summed E-state index contributed by atoms with van der Waals surface area (Å²) in [4.78, 5) is 28.2. The molecule has 0 unspecified atom stereocenters. The second-order valence-corrected chi connectivity index (χ2v) is 4.94. The maximum atomic E-state index is 4.61. The molecule has 8 heteroatoms. The van der Waals surface area contributed by atoms with Crippen molar-refractivity contribution in [3.05, 3.63) is 30.9 Å². The molecule has 110 valence electrons. The van der Waals surface area contributed by atoms with Gasteiger partial charge in [-0.05, 0) is 6.07 Å². The molecule has 1 aliphatic heterocycles. The Bertz CT molecular complexity index is 799. The highest BCUT2D eigenvalue weighted by Gasteiger charge is 2.14. The van der Waals surface area contributed by atoms with Gasteiger partial charge in [0.25, 0.3) is 0 Å². The van der Waals surface area contributed by atoms with Gasteiger partial charge in [-0.2, -0.15) is 0 Å². The van der Waals surface area contributed by atoms with Gasteiger partial charge in [0.2, 0.25) is 5.95 Å². The highest BCUT2D eigenvalue weighted by molar-refractivity contribution is 5.68. The summed E-state index contributed by atoms with van der Waals surface area (Å²) in [6.45, 7) is 3.69. The zero-order chi connectivity index (χ0) is 14.8. The van der Waals surface area contributed by atoms with Gasteiger partial charge in [0.05, 0.1) is 11.9 Å². The molecule has 1 fully saturated rings. The lowest BCUT2D eigenvalue weighted by molar-refractivity contribution is 0.580. The van der Waals surface area contributed by atoms with Crippen molar-refractivity contribution in [3.63, 3.8) is 0 Å². The number of nitrogens with one attached hydrogen (secondary N) is 1. The average Bonchev–Trinajstić information content (AvgIpc) is 2.62. The van der Waals surface area contributed by atoms with Gasteiger partial charge in [0.1, 0.15) is 5.69 Å². The molecule has 1 N–H and O–H groups in total. The van der Waals surface area contributed by atoms with Gasteiger partial charge in [-0.25, -0.2) is 29.9 Å². The molecule has 4 heterocycles. The summed E-state index contributed by atoms with van der Waals surface area (Å²) in [6.07, 6.45) is 6.62. The number of anilines is 1. The van der Waals surface area contributed by atoms with Gasteiger partial charge in [0.15, 0.2) is 11.3 Å².